The van der Waals surface area contributed by atoms with Crippen LogP contribution in [0.3, 0.4) is 0 Å². The van der Waals surface area contributed by atoms with E-state index in [-0.39, 0.29) is 5.91 Å². The number of aromatic nitrogens is 2. The molecular weight excluding hydrogens is 204 g/mol. The molecule has 1 aliphatic rings. The van der Waals surface area contributed by atoms with Gasteiger partial charge in [0.05, 0.1) is 22.6 Å². The second-order valence-corrected chi connectivity index (χ2v) is 4.63. The number of carbonyl (C=O) groups excluding carboxylic acids is 1. The fourth-order valence-corrected chi connectivity index (χ4v) is 2.07. The van der Waals surface area contributed by atoms with Crippen LogP contribution in [0.5, 0.6) is 0 Å². The van der Waals surface area contributed by atoms with Gasteiger partial charge in [-0.05, 0) is 40.2 Å². The fraction of sp³-hybridized carbons (Fsp3) is 0.636. The van der Waals surface area contributed by atoms with E-state index in [1.807, 2.05) is 20.8 Å². The average Bonchev–Trinajstić information content (AvgIpc) is 2.80. The zero-order valence-corrected chi connectivity index (χ0v) is 9.98. The minimum absolute atomic E-state index is 0.0256. The van der Waals surface area contributed by atoms with Crippen LogP contribution in [0.25, 0.3) is 0 Å². The van der Waals surface area contributed by atoms with Crippen LogP contribution in [0.4, 0.5) is 5.69 Å². The number of hydrogen-bond donors (Lipinski definition) is 3. The molecule has 0 aromatic carbocycles. The summed E-state index contributed by atoms with van der Waals surface area (Å²) in [5.41, 5.74) is 2.09. The van der Waals surface area contributed by atoms with Crippen molar-refractivity contribution in [3.63, 3.8) is 0 Å². The van der Waals surface area contributed by atoms with Crippen LogP contribution in [-0.4, -0.2) is 28.2 Å². The van der Waals surface area contributed by atoms with Crippen LogP contribution < -0.4 is 10.6 Å². The molecule has 5 nitrogen and oxygen atoms in total. The van der Waals surface area contributed by atoms with Gasteiger partial charge in [0.15, 0.2) is 0 Å². The predicted octanol–water partition coefficient (Wildman–Crippen LogP) is 1.11. The van der Waals surface area contributed by atoms with Gasteiger partial charge in [0.1, 0.15) is 0 Å². The summed E-state index contributed by atoms with van der Waals surface area (Å²) in [4.78, 5) is 12.1. The molecule has 2 rings (SSSR count). The quantitative estimate of drug-likeness (QED) is 0.702. The van der Waals surface area contributed by atoms with E-state index in [0.29, 0.717) is 0 Å². The zero-order chi connectivity index (χ0) is 11.8. The first-order chi connectivity index (χ1) is 7.53. The number of rotatable bonds is 2. The normalized spacial score (nSPS) is 24.7. The first-order valence-corrected chi connectivity index (χ1v) is 5.61. The highest BCUT2D eigenvalue weighted by atomic mass is 16.2. The van der Waals surface area contributed by atoms with Gasteiger partial charge < -0.3 is 10.6 Å². The number of amides is 1. The SMILES string of the molecule is Cc1n[nH]c(C)c1NC(=O)C1(C)CCCN1. The Morgan fingerprint density at radius 2 is 2.25 bits per heavy atom. The topological polar surface area (TPSA) is 69.8 Å². The summed E-state index contributed by atoms with van der Waals surface area (Å²) in [6.07, 6.45) is 1.93. The molecule has 1 aliphatic heterocycles. The molecule has 1 aromatic rings. The molecule has 3 N–H and O–H groups in total. The number of carbonyl (C=O) groups is 1. The molecule has 1 atom stereocenters. The Morgan fingerprint density at radius 3 is 2.75 bits per heavy atom. The number of aryl methyl sites for hydroxylation is 2. The van der Waals surface area contributed by atoms with Crippen molar-refractivity contribution in [3.8, 4) is 0 Å². The zero-order valence-electron chi connectivity index (χ0n) is 9.98. The van der Waals surface area contributed by atoms with Crippen molar-refractivity contribution in [1.82, 2.24) is 15.5 Å². The fourth-order valence-electron chi connectivity index (χ4n) is 2.07. The van der Waals surface area contributed by atoms with Gasteiger partial charge in [-0.25, -0.2) is 0 Å². The molecule has 0 bridgehead atoms. The van der Waals surface area contributed by atoms with Crippen LogP contribution in [0.1, 0.15) is 31.2 Å². The number of aromatic amines is 1. The summed E-state index contributed by atoms with van der Waals surface area (Å²) < 4.78 is 0. The lowest BCUT2D eigenvalue weighted by Gasteiger charge is -2.23. The third-order valence-corrected chi connectivity index (χ3v) is 3.24. The Bertz CT molecular complexity index is 385. The summed E-state index contributed by atoms with van der Waals surface area (Å²) >= 11 is 0. The number of nitrogens with one attached hydrogen (secondary N) is 3. The standard InChI is InChI=1S/C11H18N4O/c1-7-9(8(2)15-14-7)13-10(16)11(3)5-4-6-12-11/h12H,4-6H2,1-3H3,(H,13,16)(H,14,15). The number of hydrogen-bond acceptors (Lipinski definition) is 3. The Morgan fingerprint density at radius 1 is 1.50 bits per heavy atom. The molecule has 88 valence electrons. The van der Waals surface area contributed by atoms with Gasteiger partial charge in [-0.15, -0.1) is 0 Å². The minimum atomic E-state index is -0.434. The van der Waals surface area contributed by atoms with Crippen LogP contribution in [0, 0.1) is 13.8 Å². The largest absolute Gasteiger partial charge is 0.321 e. The Balaban J connectivity index is 2.13. The van der Waals surface area contributed by atoms with E-state index in [4.69, 9.17) is 0 Å². The lowest BCUT2D eigenvalue weighted by molar-refractivity contribution is -0.121. The van der Waals surface area contributed by atoms with E-state index < -0.39 is 5.54 Å². The summed E-state index contributed by atoms with van der Waals surface area (Å²) in [6.45, 7) is 6.64. The van der Waals surface area contributed by atoms with E-state index >= 15 is 0 Å². The van der Waals surface area contributed by atoms with Crippen molar-refractivity contribution in [3.05, 3.63) is 11.4 Å². The smallest absolute Gasteiger partial charge is 0.244 e. The molecular formula is C11H18N4O. The first kappa shape index (κ1) is 11.1. The predicted molar refractivity (Wildman–Crippen MR) is 62.3 cm³/mol. The monoisotopic (exact) mass is 222 g/mol. The molecule has 0 saturated carbocycles. The lowest BCUT2D eigenvalue weighted by Crippen LogP contribution is -2.48. The molecule has 0 aliphatic carbocycles. The number of anilines is 1. The van der Waals surface area contributed by atoms with Gasteiger partial charge >= 0.3 is 0 Å². The molecule has 1 fully saturated rings. The number of H-pyrrole nitrogens is 1. The van der Waals surface area contributed by atoms with Gasteiger partial charge in [0.2, 0.25) is 5.91 Å². The van der Waals surface area contributed by atoms with Gasteiger partial charge in [-0.3, -0.25) is 9.89 Å². The molecule has 16 heavy (non-hydrogen) atoms. The molecule has 5 heteroatoms. The van der Waals surface area contributed by atoms with Gasteiger partial charge in [0.25, 0.3) is 0 Å². The Labute approximate surface area is 95.0 Å². The second-order valence-electron chi connectivity index (χ2n) is 4.63. The maximum absolute atomic E-state index is 12.1. The van der Waals surface area contributed by atoms with Crippen LogP contribution in [-0.2, 0) is 4.79 Å². The molecule has 1 amide bonds. The maximum Gasteiger partial charge on any atom is 0.244 e. The van der Waals surface area contributed by atoms with E-state index in [2.05, 4.69) is 20.8 Å². The highest BCUT2D eigenvalue weighted by Gasteiger charge is 2.36. The van der Waals surface area contributed by atoms with Crippen molar-refractivity contribution in [1.29, 1.82) is 0 Å². The lowest BCUT2D eigenvalue weighted by atomic mass is 9.99. The molecule has 1 aromatic heterocycles. The highest BCUT2D eigenvalue weighted by Crippen LogP contribution is 2.23. The van der Waals surface area contributed by atoms with E-state index in [1.165, 1.54) is 0 Å². The highest BCUT2D eigenvalue weighted by molar-refractivity contribution is 5.98. The van der Waals surface area contributed by atoms with Crippen LogP contribution in [0.15, 0.2) is 0 Å². The van der Waals surface area contributed by atoms with Crippen molar-refractivity contribution in [2.75, 3.05) is 11.9 Å². The third kappa shape index (κ3) is 1.82. The Kier molecular flexibility index (Phi) is 2.71. The summed E-state index contributed by atoms with van der Waals surface area (Å²) in [7, 11) is 0. The molecule has 2 heterocycles. The second kappa shape index (κ2) is 3.90. The minimum Gasteiger partial charge on any atom is -0.321 e. The molecule has 0 spiro atoms. The van der Waals surface area contributed by atoms with Gasteiger partial charge in [-0.1, -0.05) is 0 Å². The molecule has 0 radical (unpaired) electrons. The summed E-state index contributed by atoms with van der Waals surface area (Å²) in [5.74, 6) is 0.0256. The number of nitrogens with zero attached hydrogens (tertiary/aromatic N) is 1. The van der Waals surface area contributed by atoms with Crippen molar-refractivity contribution < 1.29 is 4.79 Å². The van der Waals surface area contributed by atoms with Gasteiger partial charge in [-0.2, -0.15) is 5.10 Å². The van der Waals surface area contributed by atoms with Gasteiger partial charge in [0, 0.05) is 0 Å². The maximum atomic E-state index is 12.1. The average molecular weight is 222 g/mol. The van der Waals surface area contributed by atoms with E-state index in [1.54, 1.807) is 0 Å². The first-order valence-electron chi connectivity index (χ1n) is 5.61. The van der Waals surface area contributed by atoms with Crippen molar-refractivity contribution in [2.45, 2.75) is 39.2 Å². The van der Waals surface area contributed by atoms with Crippen LogP contribution >= 0.6 is 0 Å². The van der Waals surface area contributed by atoms with E-state index in [0.717, 1.165) is 36.5 Å². The summed E-state index contributed by atoms with van der Waals surface area (Å²) in [5, 5.41) is 13.1. The Hall–Kier alpha value is -1.36. The van der Waals surface area contributed by atoms with E-state index in [9.17, 15) is 4.79 Å². The molecule has 1 unspecified atom stereocenters. The third-order valence-electron chi connectivity index (χ3n) is 3.24. The molecule has 1 saturated heterocycles. The van der Waals surface area contributed by atoms with Crippen LogP contribution in [0.2, 0.25) is 0 Å². The summed E-state index contributed by atoms with van der Waals surface area (Å²) in [6, 6.07) is 0. The van der Waals surface area contributed by atoms with Crippen molar-refractivity contribution in [2.24, 2.45) is 0 Å². The van der Waals surface area contributed by atoms with Crippen molar-refractivity contribution >= 4 is 11.6 Å².